The van der Waals surface area contributed by atoms with Crippen LogP contribution in [0.25, 0.3) is 0 Å². The van der Waals surface area contributed by atoms with Crippen LogP contribution in [0.3, 0.4) is 0 Å². The normalized spacial score (nSPS) is 11.2. The maximum Gasteiger partial charge on any atom is 0.451 e. The molecule has 1 aromatic heterocycles. The van der Waals surface area contributed by atoms with Gasteiger partial charge in [-0.05, 0) is 19.1 Å². The molecule has 0 spiro atoms. The third kappa shape index (κ3) is 4.76. The Kier molecular flexibility index (Phi) is 6.26. The van der Waals surface area contributed by atoms with Gasteiger partial charge >= 0.3 is 6.18 Å². The standard InChI is InChI=1S/C16H16F3N5OS/c1-11-4-6-12(7-5-11)24(9-3-8-20)13(25)10-26-15-22-21-14(23(15)2)16(17,18)19/h4-7H,3,9-10H2,1-2H3. The average molecular weight is 383 g/mol. The van der Waals surface area contributed by atoms with Crippen LogP contribution in [0.5, 0.6) is 0 Å². The second kappa shape index (κ2) is 8.23. The molecular formula is C16H16F3N5OS. The van der Waals surface area contributed by atoms with E-state index in [2.05, 4.69) is 10.2 Å². The quantitative estimate of drug-likeness (QED) is 0.716. The Morgan fingerprint density at radius 2 is 1.96 bits per heavy atom. The van der Waals surface area contributed by atoms with E-state index in [9.17, 15) is 18.0 Å². The zero-order valence-electron chi connectivity index (χ0n) is 14.1. The lowest BCUT2D eigenvalue weighted by molar-refractivity contribution is -0.147. The van der Waals surface area contributed by atoms with E-state index in [1.807, 2.05) is 25.1 Å². The molecule has 1 heterocycles. The van der Waals surface area contributed by atoms with Crippen molar-refractivity contribution in [3.8, 4) is 6.07 Å². The summed E-state index contributed by atoms with van der Waals surface area (Å²) in [7, 11) is 1.20. The number of rotatable bonds is 6. The van der Waals surface area contributed by atoms with Crippen LogP contribution < -0.4 is 4.90 Å². The summed E-state index contributed by atoms with van der Waals surface area (Å²) < 4.78 is 39.0. The summed E-state index contributed by atoms with van der Waals surface area (Å²) in [4.78, 5) is 14.0. The number of hydrogen-bond acceptors (Lipinski definition) is 5. The molecule has 0 saturated carbocycles. The Morgan fingerprint density at radius 1 is 1.31 bits per heavy atom. The first-order chi connectivity index (χ1) is 12.2. The fraction of sp³-hybridized carbons (Fsp3) is 0.375. The molecule has 0 radical (unpaired) electrons. The Hall–Kier alpha value is -2.54. The van der Waals surface area contributed by atoms with Crippen LogP contribution in [0.4, 0.5) is 18.9 Å². The van der Waals surface area contributed by atoms with Gasteiger partial charge in [0.25, 0.3) is 0 Å². The van der Waals surface area contributed by atoms with E-state index in [1.165, 1.54) is 11.9 Å². The molecule has 0 unspecified atom stereocenters. The SMILES string of the molecule is Cc1ccc(N(CCC#N)C(=O)CSc2nnc(C(F)(F)F)n2C)cc1. The molecule has 1 amide bonds. The van der Waals surface area contributed by atoms with Gasteiger partial charge in [-0.3, -0.25) is 4.79 Å². The second-order valence-electron chi connectivity index (χ2n) is 5.44. The monoisotopic (exact) mass is 383 g/mol. The molecule has 1 aromatic carbocycles. The fourth-order valence-corrected chi connectivity index (χ4v) is 2.96. The van der Waals surface area contributed by atoms with E-state index < -0.39 is 12.0 Å². The number of thioether (sulfide) groups is 1. The molecule has 0 aliphatic rings. The highest BCUT2D eigenvalue weighted by Gasteiger charge is 2.37. The summed E-state index contributed by atoms with van der Waals surface area (Å²) >= 11 is 0.867. The van der Waals surface area contributed by atoms with Crippen molar-refractivity contribution in [2.45, 2.75) is 24.7 Å². The van der Waals surface area contributed by atoms with Crippen molar-refractivity contribution in [2.24, 2.45) is 7.05 Å². The van der Waals surface area contributed by atoms with Crippen molar-refractivity contribution in [3.63, 3.8) is 0 Å². The summed E-state index contributed by atoms with van der Waals surface area (Å²) in [5.74, 6) is -1.57. The van der Waals surface area contributed by atoms with Gasteiger partial charge < -0.3 is 9.47 Å². The van der Waals surface area contributed by atoms with Gasteiger partial charge in [-0.1, -0.05) is 29.5 Å². The number of aryl methyl sites for hydroxylation is 1. The fourth-order valence-electron chi connectivity index (χ4n) is 2.18. The molecule has 6 nitrogen and oxygen atoms in total. The second-order valence-corrected chi connectivity index (χ2v) is 6.38. The lowest BCUT2D eigenvalue weighted by Crippen LogP contribution is -2.33. The van der Waals surface area contributed by atoms with Crippen molar-refractivity contribution in [3.05, 3.63) is 35.7 Å². The van der Waals surface area contributed by atoms with Gasteiger partial charge in [-0.25, -0.2) is 0 Å². The van der Waals surface area contributed by atoms with Gasteiger partial charge in [-0.15, -0.1) is 10.2 Å². The number of hydrogen-bond donors (Lipinski definition) is 0. The van der Waals surface area contributed by atoms with Crippen molar-refractivity contribution < 1.29 is 18.0 Å². The molecule has 0 fully saturated rings. The van der Waals surface area contributed by atoms with Gasteiger partial charge in [0.2, 0.25) is 11.7 Å². The molecule has 10 heteroatoms. The highest BCUT2D eigenvalue weighted by molar-refractivity contribution is 7.99. The molecule has 0 aliphatic heterocycles. The van der Waals surface area contributed by atoms with Crippen molar-refractivity contribution >= 4 is 23.4 Å². The molecule has 2 aromatic rings. The number of carbonyl (C=O) groups is 1. The minimum Gasteiger partial charge on any atom is -0.311 e. The molecule has 0 atom stereocenters. The number of carbonyl (C=O) groups excluding carboxylic acids is 1. The van der Waals surface area contributed by atoms with E-state index in [1.54, 1.807) is 12.1 Å². The number of benzene rings is 1. The number of nitriles is 1. The molecule has 0 aliphatic carbocycles. The topological polar surface area (TPSA) is 74.8 Å². The Labute approximate surface area is 152 Å². The summed E-state index contributed by atoms with van der Waals surface area (Å²) in [6, 6.07) is 9.19. The Balaban J connectivity index is 2.11. The molecule has 0 N–H and O–H groups in total. The van der Waals surface area contributed by atoms with E-state index in [4.69, 9.17) is 5.26 Å². The van der Waals surface area contributed by atoms with Gasteiger partial charge in [0.1, 0.15) is 0 Å². The first-order valence-corrected chi connectivity index (χ1v) is 8.56. The third-order valence-electron chi connectivity index (χ3n) is 3.51. The number of nitrogens with zero attached hydrogens (tertiary/aromatic N) is 5. The Morgan fingerprint density at radius 3 is 2.50 bits per heavy atom. The molecule has 138 valence electrons. The number of aromatic nitrogens is 3. The highest BCUT2D eigenvalue weighted by atomic mass is 32.2. The summed E-state index contributed by atoms with van der Waals surface area (Å²) in [6.45, 7) is 2.11. The van der Waals surface area contributed by atoms with Gasteiger partial charge in [0, 0.05) is 19.3 Å². The molecule has 0 bridgehead atoms. The number of alkyl halides is 3. The minimum absolute atomic E-state index is 0.00480. The summed E-state index contributed by atoms with van der Waals surface area (Å²) in [5, 5.41) is 15.4. The maximum absolute atomic E-state index is 12.7. The zero-order valence-corrected chi connectivity index (χ0v) is 14.9. The minimum atomic E-state index is -4.61. The van der Waals surface area contributed by atoms with Crippen LogP contribution in [0, 0.1) is 18.3 Å². The lowest BCUT2D eigenvalue weighted by atomic mass is 10.2. The predicted molar refractivity (Wildman–Crippen MR) is 90.5 cm³/mol. The molecule has 26 heavy (non-hydrogen) atoms. The lowest BCUT2D eigenvalue weighted by Gasteiger charge is -2.21. The smallest absolute Gasteiger partial charge is 0.311 e. The first kappa shape index (κ1) is 19.8. The summed E-state index contributed by atoms with van der Waals surface area (Å²) in [5.41, 5.74) is 1.65. The van der Waals surface area contributed by atoms with Crippen LogP contribution in [0.2, 0.25) is 0 Å². The number of anilines is 1. The van der Waals surface area contributed by atoms with Crippen molar-refractivity contribution in [1.82, 2.24) is 14.8 Å². The van der Waals surface area contributed by atoms with Crippen LogP contribution >= 0.6 is 11.8 Å². The predicted octanol–water partition coefficient (Wildman–Crippen LogP) is 3.18. The third-order valence-corrected chi connectivity index (χ3v) is 4.51. The highest BCUT2D eigenvalue weighted by Crippen LogP contribution is 2.29. The Bertz CT molecular complexity index is 811. The molecular weight excluding hydrogens is 367 g/mol. The number of halogens is 3. The van der Waals surface area contributed by atoms with Gasteiger partial charge in [0.15, 0.2) is 5.16 Å². The summed E-state index contributed by atoms with van der Waals surface area (Å²) in [6.07, 6.45) is -4.46. The van der Waals surface area contributed by atoms with Gasteiger partial charge in [-0.2, -0.15) is 18.4 Å². The largest absolute Gasteiger partial charge is 0.451 e. The average Bonchev–Trinajstić information content (AvgIpc) is 2.95. The number of amides is 1. The van der Waals surface area contributed by atoms with Crippen molar-refractivity contribution in [1.29, 1.82) is 5.26 Å². The maximum atomic E-state index is 12.7. The van der Waals surface area contributed by atoms with Crippen LogP contribution in [0.15, 0.2) is 29.4 Å². The van der Waals surface area contributed by atoms with Gasteiger partial charge in [0.05, 0.1) is 18.2 Å². The zero-order chi connectivity index (χ0) is 19.3. The van der Waals surface area contributed by atoms with Crippen LogP contribution in [0.1, 0.15) is 17.8 Å². The molecule has 0 saturated heterocycles. The van der Waals surface area contributed by atoms with E-state index >= 15 is 0 Å². The van der Waals surface area contributed by atoms with Crippen LogP contribution in [-0.2, 0) is 18.0 Å². The first-order valence-electron chi connectivity index (χ1n) is 7.57. The van der Waals surface area contributed by atoms with E-state index in [0.29, 0.717) is 5.69 Å². The van der Waals surface area contributed by atoms with Crippen LogP contribution in [-0.4, -0.2) is 33.0 Å². The van der Waals surface area contributed by atoms with Crippen molar-refractivity contribution in [2.75, 3.05) is 17.2 Å². The molecule has 2 rings (SSSR count). The van der Waals surface area contributed by atoms with E-state index in [0.717, 1.165) is 21.9 Å². The van der Waals surface area contributed by atoms with E-state index in [-0.39, 0.29) is 29.8 Å².